The molecule has 9 nitrogen and oxygen atoms in total. The van der Waals surface area contributed by atoms with Crippen LogP contribution in [0.5, 0.6) is 5.75 Å². The standard InChI is InChI=1S/C17H15N3O6/c21-14-9-12(5-6-13(14)17(25)26)20-19-11-3-1-10(2-4-11)16(24)18-8-7-15(22)23/h1-6,9,21H,7-8H2,(H,18,24)(H,22,23)(H,25,26). The highest BCUT2D eigenvalue weighted by molar-refractivity contribution is 5.94. The summed E-state index contributed by atoms with van der Waals surface area (Å²) in [6.45, 7) is 0.0332. The number of carboxylic acid groups (broad SMARTS) is 2. The lowest BCUT2D eigenvalue weighted by molar-refractivity contribution is -0.136. The van der Waals surface area contributed by atoms with Crippen LogP contribution in [0.2, 0.25) is 0 Å². The molecule has 0 aromatic heterocycles. The molecule has 0 fully saturated rings. The van der Waals surface area contributed by atoms with Gasteiger partial charge < -0.3 is 20.6 Å². The Balaban J connectivity index is 2.01. The molecule has 0 unspecified atom stereocenters. The zero-order valence-corrected chi connectivity index (χ0v) is 13.4. The van der Waals surface area contributed by atoms with Crippen LogP contribution in [0.4, 0.5) is 11.4 Å². The van der Waals surface area contributed by atoms with Crippen molar-refractivity contribution in [3.63, 3.8) is 0 Å². The summed E-state index contributed by atoms with van der Waals surface area (Å²) in [5, 5.41) is 37.3. The van der Waals surface area contributed by atoms with E-state index < -0.39 is 23.6 Å². The highest BCUT2D eigenvalue weighted by Gasteiger charge is 2.09. The van der Waals surface area contributed by atoms with Crippen LogP contribution < -0.4 is 5.32 Å². The van der Waals surface area contributed by atoms with Crippen molar-refractivity contribution < 1.29 is 29.7 Å². The summed E-state index contributed by atoms with van der Waals surface area (Å²) in [6.07, 6.45) is -0.161. The zero-order chi connectivity index (χ0) is 19.1. The van der Waals surface area contributed by atoms with Crippen LogP contribution in [0, 0.1) is 0 Å². The Morgan fingerprint density at radius 3 is 2.12 bits per heavy atom. The minimum absolute atomic E-state index is 0.0332. The number of rotatable bonds is 7. The molecule has 0 aliphatic carbocycles. The molecule has 26 heavy (non-hydrogen) atoms. The normalized spacial score (nSPS) is 10.6. The lowest BCUT2D eigenvalue weighted by Gasteiger charge is -2.03. The van der Waals surface area contributed by atoms with Crippen molar-refractivity contribution in [2.24, 2.45) is 10.2 Å². The number of carbonyl (C=O) groups excluding carboxylic acids is 1. The molecule has 0 bridgehead atoms. The molecule has 2 rings (SSSR count). The number of benzene rings is 2. The summed E-state index contributed by atoms with van der Waals surface area (Å²) in [7, 11) is 0. The maximum atomic E-state index is 11.8. The number of aromatic hydroxyl groups is 1. The quantitative estimate of drug-likeness (QED) is 0.560. The maximum absolute atomic E-state index is 11.8. The molecule has 4 N–H and O–H groups in total. The first-order valence-electron chi connectivity index (χ1n) is 7.45. The predicted molar refractivity (Wildman–Crippen MR) is 90.3 cm³/mol. The Kier molecular flexibility index (Phi) is 5.99. The number of nitrogens with one attached hydrogen (secondary N) is 1. The largest absolute Gasteiger partial charge is 0.507 e. The van der Waals surface area contributed by atoms with Crippen LogP contribution in [0.3, 0.4) is 0 Å². The van der Waals surface area contributed by atoms with Gasteiger partial charge in [0.25, 0.3) is 5.91 Å². The molecule has 0 radical (unpaired) electrons. The summed E-state index contributed by atoms with van der Waals surface area (Å²) in [5.74, 6) is -3.06. The van der Waals surface area contributed by atoms with E-state index in [1.807, 2.05) is 0 Å². The van der Waals surface area contributed by atoms with Crippen molar-refractivity contribution in [3.05, 3.63) is 53.6 Å². The molecule has 9 heteroatoms. The van der Waals surface area contributed by atoms with Gasteiger partial charge in [0.2, 0.25) is 0 Å². The van der Waals surface area contributed by atoms with Gasteiger partial charge in [0.15, 0.2) is 0 Å². The molecule has 2 aromatic carbocycles. The molecule has 0 heterocycles. The Labute approximate surface area is 147 Å². The second kappa shape index (κ2) is 8.38. The van der Waals surface area contributed by atoms with E-state index in [2.05, 4.69) is 15.5 Å². The number of carboxylic acids is 2. The molecular formula is C17H15N3O6. The van der Waals surface area contributed by atoms with E-state index in [9.17, 15) is 19.5 Å². The van der Waals surface area contributed by atoms with Gasteiger partial charge in [-0.2, -0.15) is 10.2 Å². The van der Waals surface area contributed by atoms with E-state index in [4.69, 9.17) is 10.2 Å². The van der Waals surface area contributed by atoms with Crippen molar-refractivity contribution in [1.29, 1.82) is 0 Å². The number of aromatic carboxylic acids is 1. The summed E-state index contributed by atoms with van der Waals surface area (Å²) in [5.41, 5.74) is 0.817. The van der Waals surface area contributed by atoms with Crippen LogP contribution in [0.25, 0.3) is 0 Å². The number of phenols is 1. The SMILES string of the molecule is O=C(O)CCNC(=O)c1ccc(N=Nc2ccc(C(=O)O)c(O)c2)cc1. The van der Waals surface area contributed by atoms with E-state index in [1.54, 1.807) is 12.1 Å². The van der Waals surface area contributed by atoms with Crippen molar-refractivity contribution >= 4 is 29.2 Å². The smallest absolute Gasteiger partial charge is 0.339 e. The van der Waals surface area contributed by atoms with Gasteiger partial charge in [0, 0.05) is 18.2 Å². The lowest BCUT2D eigenvalue weighted by Crippen LogP contribution is -2.25. The number of hydrogen-bond donors (Lipinski definition) is 4. The van der Waals surface area contributed by atoms with Gasteiger partial charge >= 0.3 is 11.9 Å². The molecule has 0 saturated heterocycles. The molecule has 134 valence electrons. The van der Waals surface area contributed by atoms with Crippen LogP contribution in [0.15, 0.2) is 52.7 Å². The summed E-state index contributed by atoms with van der Waals surface area (Å²) < 4.78 is 0. The van der Waals surface area contributed by atoms with Gasteiger partial charge in [0.05, 0.1) is 17.8 Å². The number of hydrogen-bond acceptors (Lipinski definition) is 6. The molecular weight excluding hydrogens is 342 g/mol. The number of carbonyl (C=O) groups is 3. The van der Waals surface area contributed by atoms with Crippen molar-refractivity contribution in [2.75, 3.05) is 6.54 Å². The van der Waals surface area contributed by atoms with E-state index in [0.717, 1.165) is 0 Å². The van der Waals surface area contributed by atoms with Crippen molar-refractivity contribution in [1.82, 2.24) is 5.32 Å². The van der Waals surface area contributed by atoms with Crippen molar-refractivity contribution in [2.45, 2.75) is 6.42 Å². The molecule has 2 aromatic rings. The monoisotopic (exact) mass is 357 g/mol. The third-order valence-electron chi connectivity index (χ3n) is 3.25. The summed E-state index contributed by atoms with van der Waals surface area (Å²) >= 11 is 0. The highest BCUT2D eigenvalue weighted by Crippen LogP contribution is 2.25. The van der Waals surface area contributed by atoms with Crippen LogP contribution in [-0.2, 0) is 4.79 Å². The fourth-order valence-electron chi connectivity index (χ4n) is 1.94. The summed E-state index contributed by atoms with van der Waals surface area (Å²) in [4.78, 5) is 33.0. The second-order valence-corrected chi connectivity index (χ2v) is 5.15. The first kappa shape index (κ1) is 18.6. The summed E-state index contributed by atoms with van der Waals surface area (Å²) in [6, 6.07) is 9.90. The van der Waals surface area contributed by atoms with Gasteiger partial charge in [-0.05, 0) is 36.4 Å². The molecule has 0 aliphatic heterocycles. The van der Waals surface area contributed by atoms with E-state index in [0.29, 0.717) is 11.3 Å². The lowest BCUT2D eigenvalue weighted by atomic mass is 10.2. The average molecular weight is 357 g/mol. The van der Waals surface area contributed by atoms with E-state index in [-0.39, 0.29) is 24.2 Å². The number of amides is 1. The van der Waals surface area contributed by atoms with E-state index in [1.165, 1.54) is 30.3 Å². The van der Waals surface area contributed by atoms with Crippen molar-refractivity contribution in [3.8, 4) is 5.75 Å². The predicted octanol–water partition coefficient (Wildman–Crippen LogP) is 2.71. The molecule has 0 spiro atoms. The van der Waals surface area contributed by atoms with Crippen LogP contribution in [0.1, 0.15) is 27.1 Å². The molecule has 0 atom stereocenters. The Hall–Kier alpha value is -3.75. The Bertz CT molecular complexity index is 861. The van der Waals surface area contributed by atoms with Gasteiger partial charge in [0.1, 0.15) is 11.3 Å². The minimum atomic E-state index is -1.25. The fourth-order valence-corrected chi connectivity index (χ4v) is 1.94. The number of azo groups is 1. The van der Waals surface area contributed by atoms with Gasteiger partial charge in [-0.15, -0.1) is 0 Å². The van der Waals surface area contributed by atoms with Crippen LogP contribution >= 0.6 is 0 Å². The van der Waals surface area contributed by atoms with E-state index >= 15 is 0 Å². The zero-order valence-electron chi connectivity index (χ0n) is 13.4. The number of nitrogens with zero attached hydrogens (tertiary/aromatic N) is 2. The number of aliphatic carboxylic acids is 1. The third-order valence-corrected chi connectivity index (χ3v) is 3.25. The Morgan fingerprint density at radius 2 is 1.54 bits per heavy atom. The average Bonchev–Trinajstić information content (AvgIpc) is 2.59. The highest BCUT2D eigenvalue weighted by atomic mass is 16.4. The first-order valence-corrected chi connectivity index (χ1v) is 7.45. The molecule has 0 aliphatic rings. The fraction of sp³-hybridized carbons (Fsp3) is 0.118. The maximum Gasteiger partial charge on any atom is 0.339 e. The second-order valence-electron chi connectivity index (χ2n) is 5.15. The Morgan fingerprint density at radius 1 is 0.923 bits per heavy atom. The topological polar surface area (TPSA) is 149 Å². The molecule has 0 saturated carbocycles. The van der Waals surface area contributed by atoms with Gasteiger partial charge in [-0.1, -0.05) is 0 Å². The van der Waals surface area contributed by atoms with Gasteiger partial charge in [-0.3, -0.25) is 9.59 Å². The van der Waals surface area contributed by atoms with Crippen LogP contribution in [-0.4, -0.2) is 39.7 Å². The van der Waals surface area contributed by atoms with Gasteiger partial charge in [-0.25, -0.2) is 4.79 Å². The third kappa shape index (κ3) is 5.13. The first-order chi connectivity index (χ1) is 12.4. The molecule has 1 amide bonds. The minimum Gasteiger partial charge on any atom is -0.507 e.